The van der Waals surface area contributed by atoms with E-state index in [1.54, 1.807) is 0 Å². The zero-order valence-corrected chi connectivity index (χ0v) is 34.8. The van der Waals surface area contributed by atoms with Gasteiger partial charge in [0, 0.05) is 22.7 Å². The summed E-state index contributed by atoms with van der Waals surface area (Å²) in [5, 5.41) is 53.5. The molecule has 0 spiro atoms. The van der Waals surface area contributed by atoms with Crippen molar-refractivity contribution in [2.24, 2.45) is 5.41 Å². The third-order valence-corrected chi connectivity index (χ3v) is 2.92. The number of carboxylic acids is 3. The Morgan fingerprint density at radius 2 is 0.694 bits per heavy atom. The molecule has 0 aromatic heterocycles. The molecular formula is C21H50O9S3Sn3. The van der Waals surface area contributed by atoms with E-state index in [2.05, 4.69) is 82.3 Å². The van der Waals surface area contributed by atoms with E-state index in [0.717, 1.165) is 0 Å². The number of carboxylic acid groups (broad SMARTS) is 3. The number of aliphatic hydroxyl groups is 3. The van der Waals surface area contributed by atoms with Crippen LogP contribution in [0.25, 0.3) is 0 Å². The SMILES string of the molecule is CCC(CO)(CO)CO.O=C([O-])CS.O=C([O-])CS.O=C([O-])CS.[CH3][Sn+]([CH3])[CH3].[CH3][Sn+]([CH3])[CH3].[CH3][Sn+]([CH3])[CH3]. The number of hydrogen-bond donors (Lipinski definition) is 6. The van der Waals surface area contributed by atoms with Crippen molar-refractivity contribution >= 4 is 115 Å². The van der Waals surface area contributed by atoms with E-state index in [-0.39, 0.29) is 37.1 Å². The Labute approximate surface area is 257 Å². The van der Waals surface area contributed by atoms with Crippen LogP contribution in [0, 0.1) is 5.41 Å². The molecule has 0 radical (unpaired) electrons. The van der Waals surface area contributed by atoms with E-state index in [4.69, 9.17) is 15.3 Å². The second-order valence-electron chi connectivity index (χ2n) is 8.42. The van der Waals surface area contributed by atoms with Crippen LogP contribution < -0.4 is 15.3 Å². The van der Waals surface area contributed by atoms with Crippen LogP contribution >= 0.6 is 37.9 Å². The molecule has 0 aromatic rings. The van der Waals surface area contributed by atoms with Gasteiger partial charge >= 0.3 is 104 Å². The Morgan fingerprint density at radius 1 is 0.583 bits per heavy atom. The van der Waals surface area contributed by atoms with Crippen LogP contribution in [0.1, 0.15) is 13.3 Å². The Hall–Kier alpha value is 1.74. The fraction of sp³-hybridized carbons (Fsp3) is 0.857. The van der Waals surface area contributed by atoms with E-state index < -0.39 is 82.6 Å². The number of thiol groups is 3. The molecule has 0 aromatic carbocycles. The van der Waals surface area contributed by atoms with E-state index in [1.807, 2.05) is 6.92 Å². The minimum atomic E-state index is -1.13. The normalized spacial score (nSPS) is 8.33. The van der Waals surface area contributed by atoms with Gasteiger partial charge in [-0.05, 0) is 6.42 Å². The van der Waals surface area contributed by atoms with Gasteiger partial charge in [-0.15, -0.1) is 0 Å². The fourth-order valence-electron chi connectivity index (χ4n) is 0.485. The molecule has 0 bridgehead atoms. The summed E-state index contributed by atoms with van der Waals surface area (Å²) in [5.74, 6) is -3.98. The van der Waals surface area contributed by atoms with Crippen molar-refractivity contribution in [1.82, 2.24) is 0 Å². The topological polar surface area (TPSA) is 181 Å². The van der Waals surface area contributed by atoms with Crippen molar-refractivity contribution < 1.29 is 45.0 Å². The molecule has 0 heterocycles. The average Bonchev–Trinajstić information content (AvgIpc) is 2.75. The van der Waals surface area contributed by atoms with Gasteiger partial charge in [-0.25, -0.2) is 0 Å². The summed E-state index contributed by atoms with van der Waals surface area (Å²) in [6, 6.07) is 0. The molecule has 15 heteroatoms. The molecule has 0 saturated carbocycles. The first-order valence-corrected chi connectivity index (χ1v) is 38.4. The van der Waals surface area contributed by atoms with Gasteiger partial charge in [0.05, 0.1) is 37.7 Å². The molecule has 0 unspecified atom stereocenters. The van der Waals surface area contributed by atoms with Crippen LogP contribution in [0.15, 0.2) is 0 Å². The molecule has 0 aliphatic carbocycles. The second-order valence-corrected chi connectivity index (χ2v) is 35.1. The molecule has 0 rings (SSSR count). The molecular weight excluding hydrogens is 849 g/mol. The average molecular weight is 899 g/mol. The summed E-state index contributed by atoms with van der Waals surface area (Å²) >= 11 is 8.43. The predicted molar refractivity (Wildman–Crippen MR) is 161 cm³/mol. The molecule has 3 N–H and O–H groups in total. The first kappa shape index (κ1) is 53.9. The summed E-state index contributed by atoms with van der Waals surface area (Å²) in [6.07, 6.45) is 0.594. The van der Waals surface area contributed by atoms with Crippen molar-refractivity contribution in [3.8, 4) is 0 Å². The number of rotatable bonds is 7. The summed E-state index contributed by atoms with van der Waals surface area (Å²) in [5.41, 5.74) is -0.667. The number of hydrogen-bond acceptors (Lipinski definition) is 12. The zero-order valence-electron chi connectivity index (χ0n) is 23.6. The van der Waals surface area contributed by atoms with Gasteiger partial charge in [0.2, 0.25) is 0 Å². The molecule has 0 aliphatic rings. The summed E-state index contributed by atoms with van der Waals surface area (Å²) in [4.78, 5) is 48.8. The number of carbonyl (C=O) groups excluding carboxylic acids is 3. The van der Waals surface area contributed by atoms with Crippen molar-refractivity contribution in [3.63, 3.8) is 0 Å². The van der Waals surface area contributed by atoms with Gasteiger partial charge in [-0.2, -0.15) is 37.9 Å². The standard InChI is InChI=1S/C6H14O3.3C2H4O2S.9CH3.3Sn/c1-2-6(3-7,4-8)5-9;3*3-2(4)1-5;;;;;;;;;;;;/h7-9H,2-5H2,1H3;3*5H,1H2,(H,3,4);9*1H3;;;/q;;;;;;;;;;;;;3*+1/p-3. The molecule has 218 valence electrons. The predicted octanol–water partition coefficient (Wildman–Crippen LogP) is -0.530. The Bertz CT molecular complexity index is 384. The van der Waals surface area contributed by atoms with Crippen LogP contribution in [0.4, 0.5) is 0 Å². The van der Waals surface area contributed by atoms with E-state index in [1.165, 1.54) is 0 Å². The van der Waals surface area contributed by atoms with Gasteiger partial charge in [0.1, 0.15) is 0 Å². The first-order chi connectivity index (χ1) is 16.2. The van der Waals surface area contributed by atoms with Crippen LogP contribution in [-0.2, 0) is 14.4 Å². The van der Waals surface area contributed by atoms with Crippen molar-refractivity contribution in [2.75, 3.05) is 37.1 Å². The quantitative estimate of drug-likeness (QED) is 0.145. The third kappa shape index (κ3) is 111. The van der Waals surface area contributed by atoms with Crippen LogP contribution in [0.3, 0.4) is 0 Å². The third-order valence-electron chi connectivity index (χ3n) is 2.14. The Morgan fingerprint density at radius 3 is 0.694 bits per heavy atom. The fourth-order valence-corrected chi connectivity index (χ4v) is 0.485. The van der Waals surface area contributed by atoms with Crippen LogP contribution in [0.2, 0.25) is 44.5 Å². The molecule has 0 aliphatic heterocycles. The monoisotopic (exact) mass is 902 g/mol. The Kier molecular flexibility index (Phi) is 65.6. The van der Waals surface area contributed by atoms with E-state index in [9.17, 15) is 29.7 Å². The van der Waals surface area contributed by atoms with Crippen molar-refractivity contribution in [3.05, 3.63) is 0 Å². The summed E-state index contributed by atoms with van der Waals surface area (Å²) < 4.78 is 0. The number of aliphatic hydroxyl groups excluding tert-OH is 3. The molecule has 0 amide bonds. The number of aliphatic carboxylic acids is 3. The second kappa shape index (κ2) is 43.8. The zero-order chi connectivity index (χ0) is 30.9. The van der Waals surface area contributed by atoms with Gasteiger partial charge in [0.15, 0.2) is 0 Å². The number of carbonyl (C=O) groups is 3. The maximum absolute atomic E-state index is 9.18. The minimum absolute atomic E-state index is 0.156. The van der Waals surface area contributed by atoms with E-state index >= 15 is 0 Å². The molecule has 9 nitrogen and oxygen atoms in total. The summed E-state index contributed by atoms with van der Waals surface area (Å²) in [7, 11) is 0. The molecule has 0 fully saturated rings. The summed E-state index contributed by atoms with van der Waals surface area (Å²) in [6.45, 7) is 1.35. The van der Waals surface area contributed by atoms with Crippen molar-refractivity contribution in [1.29, 1.82) is 0 Å². The van der Waals surface area contributed by atoms with E-state index in [0.29, 0.717) is 6.42 Å². The van der Waals surface area contributed by atoms with Gasteiger partial charge < -0.3 is 45.0 Å². The van der Waals surface area contributed by atoms with Crippen LogP contribution in [0.5, 0.6) is 0 Å². The maximum atomic E-state index is 9.18. The first-order valence-electron chi connectivity index (χ1n) is 10.8. The molecule has 0 atom stereocenters. The molecule has 36 heavy (non-hydrogen) atoms. The van der Waals surface area contributed by atoms with Crippen LogP contribution in [-0.4, -0.2) is 130 Å². The Balaban J connectivity index is -0.0000000559. The van der Waals surface area contributed by atoms with Gasteiger partial charge in [0.25, 0.3) is 0 Å². The van der Waals surface area contributed by atoms with Gasteiger partial charge in [-0.1, -0.05) is 6.92 Å². The molecule has 0 saturated heterocycles. The van der Waals surface area contributed by atoms with Gasteiger partial charge in [-0.3, -0.25) is 0 Å². The van der Waals surface area contributed by atoms with Crippen molar-refractivity contribution in [2.45, 2.75) is 57.8 Å².